The fraction of sp³-hybridized carbons (Fsp3) is 0.179. The van der Waals surface area contributed by atoms with Crippen LogP contribution in [0.1, 0.15) is 11.1 Å². The fourth-order valence-corrected chi connectivity index (χ4v) is 4.28. The number of hydrogen-bond donors (Lipinski definition) is 1. The number of hydrogen-bond acceptors (Lipinski definition) is 6. The first-order chi connectivity index (χ1) is 17.6. The van der Waals surface area contributed by atoms with Crippen molar-refractivity contribution in [3.63, 3.8) is 0 Å². The van der Waals surface area contributed by atoms with Crippen molar-refractivity contribution in [2.24, 2.45) is 0 Å². The van der Waals surface area contributed by atoms with Crippen molar-refractivity contribution in [3.05, 3.63) is 94.6 Å². The third-order valence-electron chi connectivity index (χ3n) is 5.68. The summed E-state index contributed by atoms with van der Waals surface area (Å²) < 4.78 is 11.8. The predicted octanol–water partition coefficient (Wildman–Crippen LogP) is 5.74. The van der Waals surface area contributed by atoms with Crippen LogP contribution in [0.15, 0.2) is 83.5 Å². The largest absolute Gasteiger partial charge is 0.497 e. The molecule has 8 heteroatoms. The van der Waals surface area contributed by atoms with Gasteiger partial charge in [0.15, 0.2) is 0 Å². The molecule has 0 fully saturated rings. The predicted molar refractivity (Wildman–Crippen MR) is 146 cm³/mol. The molecule has 1 heterocycles. The average molecular weight is 547 g/mol. The third kappa shape index (κ3) is 6.40. The second-order valence-corrected chi connectivity index (χ2v) is 8.95. The SMILES string of the molecule is COc1ccc(OC)c(CCNc2nccc(-c3ccc(N(C=O)Cc4cccc(Br)c4)cc3)n2)c1. The first-order valence-corrected chi connectivity index (χ1v) is 12.2. The maximum Gasteiger partial charge on any atom is 0.223 e. The molecule has 0 saturated carbocycles. The van der Waals surface area contributed by atoms with Gasteiger partial charge in [0.2, 0.25) is 12.4 Å². The van der Waals surface area contributed by atoms with Gasteiger partial charge in [-0.2, -0.15) is 0 Å². The molecular formula is C28H27BrN4O3. The van der Waals surface area contributed by atoms with Crippen LogP contribution in [0.5, 0.6) is 11.5 Å². The Morgan fingerprint density at radius 3 is 2.56 bits per heavy atom. The summed E-state index contributed by atoms with van der Waals surface area (Å²) in [6, 6.07) is 23.3. The molecule has 0 unspecified atom stereocenters. The molecule has 4 rings (SSSR count). The van der Waals surface area contributed by atoms with Crippen molar-refractivity contribution < 1.29 is 14.3 Å². The number of amides is 1. The van der Waals surface area contributed by atoms with E-state index in [0.717, 1.165) is 56.9 Å². The normalized spacial score (nSPS) is 10.5. The van der Waals surface area contributed by atoms with E-state index in [9.17, 15) is 4.79 Å². The monoisotopic (exact) mass is 546 g/mol. The number of rotatable bonds is 11. The number of carbonyl (C=O) groups is 1. The van der Waals surface area contributed by atoms with Gasteiger partial charge >= 0.3 is 0 Å². The van der Waals surface area contributed by atoms with Crippen molar-refractivity contribution in [2.75, 3.05) is 31.0 Å². The van der Waals surface area contributed by atoms with Gasteiger partial charge in [-0.05, 0) is 66.1 Å². The smallest absolute Gasteiger partial charge is 0.223 e. The summed E-state index contributed by atoms with van der Waals surface area (Å²) >= 11 is 3.48. The van der Waals surface area contributed by atoms with E-state index in [1.807, 2.05) is 72.8 Å². The highest BCUT2D eigenvalue weighted by Gasteiger charge is 2.09. The van der Waals surface area contributed by atoms with Crippen molar-refractivity contribution >= 4 is 34.0 Å². The van der Waals surface area contributed by atoms with Gasteiger partial charge in [-0.1, -0.05) is 40.2 Å². The Balaban J connectivity index is 1.41. The number of methoxy groups -OCH3 is 2. The number of anilines is 2. The lowest BCUT2D eigenvalue weighted by molar-refractivity contribution is -0.107. The van der Waals surface area contributed by atoms with E-state index in [1.165, 1.54) is 0 Å². The van der Waals surface area contributed by atoms with Gasteiger partial charge in [-0.15, -0.1) is 0 Å². The maximum atomic E-state index is 11.7. The molecule has 0 atom stereocenters. The molecule has 1 aromatic heterocycles. The first kappa shape index (κ1) is 25.2. The first-order valence-electron chi connectivity index (χ1n) is 11.4. The van der Waals surface area contributed by atoms with Crippen LogP contribution in [-0.2, 0) is 17.8 Å². The van der Waals surface area contributed by atoms with E-state index in [2.05, 4.69) is 31.2 Å². The summed E-state index contributed by atoms with van der Waals surface area (Å²) in [5.74, 6) is 2.15. The second-order valence-electron chi connectivity index (χ2n) is 8.03. The molecule has 0 aliphatic carbocycles. The Kier molecular flexibility index (Phi) is 8.52. The number of nitrogens with one attached hydrogen (secondary N) is 1. The van der Waals surface area contributed by atoms with Gasteiger partial charge < -0.3 is 19.7 Å². The summed E-state index contributed by atoms with van der Waals surface area (Å²) in [6.45, 7) is 1.12. The van der Waals surface area contributed by atoms with Crippen LogP contribution >= 0.6 is 15.9 Å². The van der Waals surface area contributed by atoms with Crippen LogP contribution in [0, 0.1) is 0 Å². The van der Waals surface area contributed by atoms with Crippen molar-refractivity contribution in [2.45, 2.75) is 13.0 Å². The zero-order chi connectivity index (χ0) is 25.3. The van der Waals surface area contributed by atoms with Gasteiger partial charge in [0, 0.05) is 28.5 Å². The van der Waals surface area contributed by atoms with Crippen LogP contribution in [0.25, 0.3) is 11.3 Å². The molecule has 184 valence electrons. The number of nitrogens with zero attached hydrogens (tertiary/aromatic N) is 3. The molecule has 0 aliphatic heterocycles. The summed E-state index contributed by atoms with van der Waals surface area (Å²) in [5, 5.41) is 3.29. The lowest BCUT2D eigenvalue weighted by Crippen LogP contribution is -2.20. The highest BCUT2D eigenvalue weighted by Crippen LogP contribution is 2.25. The van der Waals surface area contributed by atoms with E-state index < -0.39 is 0 Å². The standard InChI is InChI=1S/C28H27BrN4O3/c1-35-25-10-11-27(36-2)22(17-25)12-14-30-28-31-15-13-26(32-28)21-6-8-24(9-7-21)33(19-34)18-20-4-3-5-23(29)16-20/h3-11,13,15-17,19H,12,14,18H2,1-2H3,(H,30,31,32). The topological polar surface area (TPSA) is 76.6 Å². The van der Waals surface area contributed by atoms with Crippen molar-refractivity contribution in [1.82, 2.24) is 9.97 Å². The highest BCUT2D eigenvalue weighted by molar-refractivity contribution is 9.10. The molecule has 1 N–H and O–H groups in total. The molecule has 4 aromatic rings. The Hall–Kier alpha value is -3.91. The average Bonchev–Trinajstić information content (AvgIpc) is 2.92. The summed E-state index contributed by atoms with van der Waals surface area (Å²) in [5.41, 5.74) is 4.63. The van der Waals surface area contributed by atoms with Gasteiger partial charge in [0.25, 0.3) is 0 Å². The molecule has 7 nitrogen and oxygen atoms in total. The minimum absolute atomic E-state index is 0.488. The number of halogens is 1. The fourth-order valence-electron chi connectivity index (χ4n) is 3.84. The number of carbonyl (C=O) groups excluding carboxylic acids is 1. The number of ether oxygens (including phenoxy) is 2. The van der Waals surface area contributed by atoms with E-state index >= 15 is 0 Å². The molecule has 1 amide bonds. The van der Waals surface area contributed by atoms with Crippen LogP contribution in [0.2, 0.25) is 0 Å². The minimum Gasteiger partial charge on any atom is -0.497 e. The van der Waals surface area contributed by atoms with Crippen molar-refractivity contribution in [3.8, 4) is 22.8 Å². The van der Waals surface area contributed by atoms with E-state index in [1.54, 1.807) is 25.3 Å². The van der Waals surface area contributed by atoms with E-state index in [-0.39, 0.29) is 0 Å². The molecule has 0 bridgehead atoms. The molecule has 0 spiro atoms. The zero-order valence-electron chi connectivity index (χ0n) is 20.1. The lowest BCUT2D eigenvalue weighted by atomic mass is 10.1. The van der Waals surface area contributed by atoms with Crippen LogP contribution in [0.4, 0.5) is 11.6 Å². The Labute approximate surface area is 219 Å². The third-order valence-corrected chi connectivity index (χ3v) is 6.18. The summed E-state index contributed by atoms with van der Waals surface area (Å²) in [4.78, 5) is 22.4. The minimum atomic E-state index is 0.488. The zero-order valence-corrected chi connectivity index (χ0v) is 21.7. The van der Waals surface area contributed by atoms with Gasteiger partial charge in [-0.3, -0.25) is 4.79 Å². The number of benzene rings is 3. The van der Waals surface area contributed by atoms with Gasteiger partial charge in [-0.25, -0.2) is 9.97 Å². The molecule has 36 heavy (non-hydrogen) atoms. The Morgan fingerprint density at radius 1 is 1.00 bits per heavy atom. The Bertz CT molecular complexity index is 1310. The van der Waals surface area contributed by atoms with Crippen LogP contribution in [-0.4, -0.2) is 37.1 Å². The van der Waals surface area contributed by atoms with Crippen LogP contribution < -0.4 is 19.7 Å². The number of aromatic nitrogens is 2. The van der Waals surface area contributed by atoms with Gasteiger partial charge in [0.1, 0.15) is 11.5 Å². The molecule has 0 radical (unpaired) electrons. The quantitative estimate of drug-likeness (QED) is 0.242. The van der Waals surface area contributed by atoms with E-state index in [4.69, 9.17) is 9.47 Å². The molecule has 3 aromatic carbocycles. The van der Waals surface area contributed by atoms with E-state index in [0.29, 0.717) is 19.0 Å². The molecule has 0 aliphatic rings. The van der Waals surface area contributed by atoms with Crippen molar-refractivity contribution in [1.29, 1.82) is 0 Å². The highest BCUT2D eigenvalue weighted by atomic mass is 79.9. The summed E-state index contributed by atoms with van der Waals surface area (Å²) in [7, 11) is 3.31. The van der Waals surface area contributed by atoms with Gasteiger partial charge in [0.05, 0.1) is 26.5 Å². The maximum absolute atomic E-state index is 11.7. The molecule has 0 saturated heterocycles. The molecular weight excluding hydrogens is 520 g/mol. The summed E-state index contributed by atoms with van der Waals surface area (Å²) in [6.07, 6.45) is 3.30. The lowest BCUT2D eigenvalue weighted by Gasteiger charge is -2.18. The van der Waals surface area contributed by atoms with Crippen LogP contribution in [0.3, 0.4) is 0 Å². The second kappa shape index (κ2) is 12.2. The Morgan fingerprint density at radius 2 is 1.83 bits per heavy atom.